The Balaban J connectivity index is 0.00000196. The number of urea groups is 1. The standard InChI is InChI=1S/C19H32N4O2.HI/c1-19(14-21-10-6-16(19)7-11-21)20-17(24)15-4-12-23(13-5-15)18(25)22-8-2-3-9-22;/h15-16H,2-14H2,1H3,(H,20,24);1H. The van der Waals surface area contributed by atoms with E-state index in [-0.39, 0.29) is 47.4 Å². The molecule has 26 heavy (non-hydrogen) atoms. The fraction of sp³-hybridized carbons (Fsp3) is 0.895. The minimum atomic E-state index is -0.0594. The highest BCUT2D eigenvalue weighted by molar-refractivity contribution is 14.0. The maximum Gasteiger partial charge on any atom is 0.319 e. The third-order valence-corrected chi connectivity index (χ3v) is 6.96. The maximum atomic E-state index is 12.8. The molecule has 1 atom stereocenters. The molecule has 0 radical (unpaired) electrons. The Labute approximate surface area is 174 Å². The van der Waals surface area contributed by atoms with Gasteiger partial charge in [0.25, 0.3) is 0 Å². The summed E-state index contributed by atoms with van der Waals surface area (Å²) in [4.78, 5) is 31.7. The van der Waals surface area contributed by atoms with Crippen molar-refractivity contribution in [2.45, 2.75) is 51.0 Å². The molecular weight excluding hydrogens is 443 g/mol. The van der Waals surface area contributed by atoms with Crippen LogP contribution in [0.3, 0.4) is 0 Å². The second kappa shape index (κ2) is 8.20. The zero-order valence-electron chi connectivity index (χ0n) is 15.9. The molecule has 1 unspecified atom stereocenters. The molecule has 5 heterocycles. The summed E-state index contributed by atoms with van der Waals surface area (Å²) in [6.45, 7) is 8.84. The second-order valence-corrected chi connectivity index (χ2v) is 8.70. The first-order valence-corrected chi connectivity index (χ1v) is 10.1. The van der Waals surface area contributed by atoms with Gasteiger partial charge in [0.2, 0.25) is 5.91 Å². The van der Waals surface area contributed by atoms with Crippen LogP contribution < -0.4 is 5.32 Å². The summed E-state index contributed by atoms with van der Waals surface area (Å²) >= 11 is 0. The third-order valence-electron chi connectivity index (χ3n) is 6.96. The Kier molecular flexibility index (Phi) is 6.37. The van der Waals surface area contributed by atoms with Gasteiger partial charge in [0.05, 0.1) is 5.54 Å². The topological polar surface area (TPSA) is 55.9 Å². The summed E-state index contributed by atoms with van der Waals surface area (Å²) in [5, 5.41) is 3.40. The molecule has 5 fully saturated rings. The molecule has 0 saturated carbocycles. The van der Waals surface area contributed by atoms with Gasteiger partial charge < -0.3 is 20.0 Å². The molecule has 148 valence electrons. The first-order valence-electron chi connectivity index (χ1n) is 10.1. The summed E-state index contributed by atoms with van der Waals surface area (Å²) in [6.07, 6.45) is 6.27. The van der Waals surface area contributed by atoms with Crippen molar-refractivity contribution in [2.24, 2.45) is 11.8 Å². The molecular formula is C19H33IN4O2. The lowest BCUT2D eigenvalue weighted by molar-refractivity contribution is -0.130. The van der Waals surface area contributed by atoms with Crippen LogP contribution in [0.1, 0.15) is 45.4 Å². The predicted octanol–water partition coefficient (Wildman–Crippen LogP) is 2.13. The number of fused-ring (bicyclic) bond motifs is 3. The quantitative estimate of drug-likeness (QED) is 0.622. The van der Waals surface area contributed by atoms with Gasteiger partial charge in [0, 0.05) is 38.6 Å². The van der Waals surface area contributed by atoms with E-state index < -0.39 is 0 Å². The van der Waals surface area contributed by atoms with E-state index in [9.17, 15) is 9.59 Å². The lowest BCUT2D eigenvalue weighted by Crippen LogP contribution is -2.66. The van der Waals surface area contributed by atoms with Crippen molar-refractivity contribution >= 4 is 35.9 Å². The first-order chi connectivity index (χ1) is 12.0. The van der Waals surface area contributed by atoms with Gasteiger partial charge in [0.15, 0.2) is 0 Å². The average molecular weight is 476 g/mol. The lowest BCUT2D eigenvalue weighted by atomic mass is 9.73. The number of nitrogens with zero attached hydrogens (tertiary/aromatic N) is 3. The third kappa shape index (κ3) is 3.98. The summed E-state index contributed by atoms with van der Waals surface area (Å²) in [6, 6.07) is 0.181. The fourth-order valence-corrected chi connectivity index (χ4v) is 5.29. The van der Waals surface area contributed by atoms with Crippen molar-refractivity contribution in [3.8, 4) is 0 Å². The van der Waals surface area contributed by atoms with E-state index in [1.807, 2.05) is 9.80 Å². The molecule has 7 heteroatoms. The van der Waals surface area contributed by atoms with Crippen LogP contribution in [-0.4, -0.2) is 78.0 Å². The van der Waals surface area contributed by atoms with Crippen LogP contribution in [0.2, 0.25) is 0 Å². The Bertz CT molecular complexity index is 524. The number of carbonyl (C=O) groups excluding carboxylic acids is 2. The van der Waals surface area contributed by atoms with Gasteiger partial charge in [-0.25, -0.2) is 4.79 Å². The molecule has 1 N–H and O–H groups in total. The van der Waals surface area contributed by atoms with Crippen molar-refractivity contribution in [3.63, 3.8) is 0 Å². The lowest BCUT2D eigenvalue weighted by Gasteiger charge is -2.52. The minimum absolute atomic E-state index is 0. The smallest absolute Gasteiger partial charge is 0.319 e. The summed E-state index contributed by atoms with van der Waals surface area (Å²) in [5.41, 5.74) is -0.0594. The van der Waals surface area contributed by atoms with Crippen molar-refractivity contribution in [1.29, 1.82) is 0 Å². The fourth-order valence-electron chi connectivity index (χ4n) is 5.29. The predicted molar refractivity (Wildman–Crippen MR) is 112 cm³/mol. The van der Waals surface area contributed by atoms with Crippen LogP contribution in [0.5, 0.6) is 0 Å². The number of piperidine rings is 4. The second-order valence-electron chi connectivity index (χ2n) is 8.70. The normalized spacial score (nSPS) is 34.5. The highest BCUT2D eigenvalue weighted by atomic mass is 127. The molecule has 2 bridgehead atoms. The van der Waals surface area contributed by atoms with Crippen LogP contribution in [0.15, 0.2) is 0 Å². The van der Waals surface area contributed by atoms with E-state index in [1.54, 1.807) is 0 Å². The van der Waals surface area contributed by atoms with E-state index in [0.29, 0.717) is 5.92 Å². The van der Waals surface area contributed by atoms with Crippen molar-refractivity contribution in [1.82, 2.24) is 20.0 Å². The molecule has 5 aliphatic rings. The molecule has 5 aliphatic heterocycles. The van der Waals surface area contributed by atoms with Crippen molar-refractivity contribution < 1.29 is 9.59 Å². The van der Waals surface area contributed by atoms with Crippen molar-refractivity contribution in [3.05, 3.63) is 0 Å². The van der Waals surface area contributed by atoms with E-state index in [1.165, 1.54) is 25.9 Å². The number of rotatable bonds is 2. The maximum absolute atomic E-state index is 12.8. The summed E-state index contributed by atoms with van der Waals surface area (Å²) < 4.78 is 0. The number of hydrogen-bond acceptors (Lipinski definition) is 3. The monoisotopic (exact) mass is 476 g/mol. The molecule has 3 amide bonds. The number of hydrogen-bond donors (Lipinski definition) is 1. The molecule has 0 aliphatic carbocycles. The molecule has 0 spiro atoms. The van der Waals surface area contributed by atoms with E-state index in [0.717, 1.165) is 58.4 Å². The highest BCUT2D eigenvalue weighted by Crippen LogP contribution is 2.35. The molecule has 5 rings (SSSR count). The Morgan fingerprint density at radius 1 is 0.885 bits per heavy atom. The van der Waals surface area contributed by atoms with Gasteiger partial charge in [0.1, 0.15) is 0 Å². The summed E-state index contributed by atoms with van der Waals surface area (Å²) in [7, 11) is 0. The number of amides is 3. The van der Waals surface area contributed by atoms with Gasteiger partial charge in [-0.1, -0.05) is 0 Å². The van der Waals surface area contributed by atoms with Crippen LogP contribution in [0.25, 0.3) is 0 Å². The van der Waals surface area contributed by atoms with Crippen LogP contribution >= 0.6 is 24.0 Å². The molecule has 5 saturated heterocycles. The van der Waals surface area contributed by atoms with Crippen LogP contribution in [-0.2, 0) is 4.79 Å². The van der Waals surface area contributed by atoms with Gasteiger partial charge >= 0.3 is 6.03 Å². The number of nitrogens with one attached hydrogen (secondary N) is 1. The zero-order chi connectivity index (χ0) is 17.4. The molecule has 0 aromatic carbocycles. The molecule has 0 aromatic heterocycles. The molecule has 0 aromatic rings. The number of halogens is 1. The SMILES string of the molecule is CC1(NC(=O)C2CCN(C(=O)N3CCCC3)CC2)CN2CCC1CC2.I. The van der Waals surface area contributed by atoms with E-state index in [2.05, 4.69) is 17.1 Å². The minimum Gasteiger partial charge on any atom is -0.349 e. The first kappa shape index (κ1) is 20.2. The van der Waals surface area contributed by atoms with Gasteiger partial charge in [-0.05, 0) is 64.5 Å². The number of carbonyl (C=O) groups is 2. The zero-order valence-corrected chi connectivity index (χ0v) is 18.2. The van der Waals surface area contributed by atoms with Crippen molar-refractivity contribution in [2.75, 3.05) is 45.8 Å². The average Bonchev–Trinajstić information content (AvgIpc) is 3.16. The van der Waals surface area contributed by atoms with Crippen LogP contribution in [0, 0.1) is 11.8 Å². The Hall–Kier alpha value is -0.570. The van der Waals surface area contributed by atoms with Crippen LogP contribution in [0.4, 0.5) is 4.79 Å². The Morgan fingerprint density at radius 2 is 1.46 bits per heavy atom. The highest BCUT2D eigenvalue weighted by Gasteiger charge is 2.45. The Morgan fingerprint density at radius 3 is 2.00 bits per heavy atom. The van der Waals surface area contributed by atoms with Gasteiger partial charge in [-0.3, -0.25) is 4.79 Å². The number of likely N-dealkylation sites (tertiary alicyclic amines) is 2. The molecule has 6 nitrogen and oxygen atoms in total. The summed E-state index contributed by atoms with van der Waals surface area (Å²) in [5.74, 6) is 0.901. The van der Waals surface area contributed by atoms with E-state index >= 15 is 0 Å². The van der Waals surface area contributed by atoms with E-state index in [4.69, 9.17) is 0 Å². The largest absolute Gasteiger partial charge is 0.349 e. The van der Waals surface area contributed by atoms with Gasteiger partial charge in [-0.15, -0.1) is 24.0 Å². The van der Waals surface area contributed by atoms with Gasteiger partial charge in [-0.2, -0.15) is 0 Å².